The Morgan fingerprint density at radius 2 is 1.08 bits per heavy atom. The number of fused-ring (bicyclic) bond motifs is 2. The van der Waals surface area contributed by atoms with Crippen molar-refractivity contribution in [2.45, 2.75) is 118 Å². The number of esters is 1. The highest BCUT2D eigenvalue weighted by atomic mass is 16.6. The number of amides is 2. The second kappa shape index (κ2) is 18.9. The van der Waals surface area contributed by atoms with Crippen molar-refractivity contribution in [3.63, 3.8) is 0 Å². The van der Waals surface area contributed by atoms with E-state index in [1.807, 2.05) is 65.8 Å². The number of hydrogen-bond acceptors (Lipinski definition) is 11. The lowest BCUT2D eigenvalue weighted by atomic mass is 9.90. The van der Waals surface area contributed by atoms with E-state index in [0.717, 1.165) is 28.5 Å². The first-order chi connectivity index (χ1) is 24.4. The third-order valence-electron chi connectivity index (χ3n) is 8.31. The van der Waals surface area contributed by atoms with Crippen LogP contribution in [0.3, 0.4) is 0 Å². The smallest absolute Gasteiger partial charge is 0.410 e. The second-order valence-electron chi connectivity index (χ2n) is 14.8. The molecular weight excluding hydrogens is 684 g/mol. The summed E-state index contributed by atoms with van der Waals surface area (Å²) in [4.78, 5) is 52.1. The summed E-state index contributed by atoms with van der Waals surface area (Å²) in [5.74, 6) is 2.03. The average molecular weight is 745 g/mol. The van der Waals surface area contributed by atoms with Crippen molar-refractivity contribution < 1.29 is 52.3 Å². The quantitative estimate of drug-likeness (QED) is 0.142. The van der Waals surface area contributed by atoms with Crippen LogP contribution >= 0.6 is 0 Å². The zero-order valence-corrected chi connectivity index (χ0v) is 32.7. The molecule has 13 heteroatoms. The molecule has 0 saturated heterocycles. The number of ether oxygens (including phenoxy) is 7. The van der Waals surface area contributed by atoms with E-state index in [1.54, 1.807) is 52.1 Å². The number of hydrogen-bond donors (Lipinski definition) is 0. The van der Waals surface area contributed by atoms with Gasteiger partial charge in [0.25, 0.3) is 0 Å². The third kappa shape index (κ3) is 11.9. The summed E-state index contributed by atoms with van der Waals surface area (Å²) in [6.45, 7) is 15.5. The van der Waals surface area contributed by atoms with Crippen LogP contribution in [0.25, 0.3) is 0 Å². The van der Waals surface area contributed by atoms with Gasteiger partial charge in [0.15, 0.2) is 23.0 Å². The Kier molecular flexibility index (Phi) is 15.9. The molecule has 0 N–H and O–H groups in total. The van der Waals surface area contributed by atoms with Gasteiger partial charge in [-0.05, 0) is 115 Å². The summed E-state index contributed by atoms with van der Waals surface area (Å²) in [6.07, 6.45) is 1.30. The van der Waals surface area contributed by atoms with Crippen molar-refractivity contribution in [3.8, 4) is 23.0 Å². The van der Waals surface area contributed by atoms with Gasteiger partial charge in [-0.3, -0.25) is 4.79 Å². The van der Waals surface area contributed by atoms with Crippen LogP contribution < -0.4 is 18.9 Å². The van der Waals surface area contributed by atoms with E-state index in [0.29, 0.717) is 48.9 Å². The molecule has 13 nitrogen and oxygen atoms in total. The maximum absolute atomic E-state index is 12.8. The number of carbonyl (C=O) groups is 4. The largest absolute Gasteiger partial charge is 0.493 e. The number of methoxy groups -OCH3 is 4. The first-order valence-electron chi connectivity index (χ1n) is 17.5. The minimum atomic E-state index is -0.627. The van der Waals surface area contributed by atoms with Gasteiger partial charge in [0.2, 0.25) is 0 Å². The number of nitrogens with zero attached hydrogens (tertiary/aromatic N) is 2. The number of rotatable bonds is 9. The van der Waals surface area contributed by atoms with Gasteiger partial charge in [-0.2, -0.15) is 0 Å². The lowest BCUT2D eigenvalue weighted by molar-refractivity contribution is -0.148. The van der Waals surface area contributed by atoms with Crippen LogP contribution in [0.1, 0.15) is 110 Å². The molecule has 0 aliphatic carbocycles. The molecule has 0 spiro atoms. The monoisotopic (exact) mass is 744 g/mol. The van der Waals surface area contributed by atoms with Gasteiger partial charge in [-0.25, -0.2) is 9.59 Å². The van der Waals surface area contributed by atoms with Crippen LogP contribution in [0, 0.1) is 0 Å². The summed E-state index contributed by atoms with van der Waals surface area (Å²) in [7, 11) is 6.29. The highest BCUT2D eigenvalue weighted by Gasteiger charge is 2.37. The highest BCUT2D eigenvalue weighted by molar-refractivity contribution is 5.75. The molecule has 2 aliphatic heterocycles. The van der Waals surface area contributed by atoms with Crippen LogP contribution in [0.15, 0.2) is 24.3 Å². The summed E-state index contributed by atoms with van der Waals surface area (Å²) in [5, 5.41) is 0. The zero-order valence-electron chi connectivity index (χ0n) is 32.7. The van der Waals surface area contributed by atoms with E-state index < -0.39 is 29.4 Å². The van der Waals surface area contributed by atoms with E-state index >= 15 is 0 Å². The van der Waals surface area contributed by atoms with Gasteiger partial charge in [0.05, 0.1) is 53.0 Å². The lowest BCUT2D eigenvalue weighted by Gasteiger charge is -2.38. The van der Waals surface area contributed by atoms with Crippen molar-refractivity contribution in [3.05, 3.63) is 46.5 Å². The van der Waals surface area contributed by atoms with E-state index in [9.17, 15) is 19.2 Å². The van der Waals surface area contributed by atoms with Gasteiger partial charge in [-0.15, -0.1) is 0 Å². The molecular formula is C40H60N2O11. The molecule has 0 saturated carbocycles. The van der Waals surface area contributed by atoms with E-state index in [2.05, 4.69) is 0 Å². The van der Waals surface area contributed by atoms with E-state index in [-0.39, 0.29) is 38.4 Å². The first kappa shape index (κ1) is 44.5. The molecule has 2 heterocycles. The Morgan fingerprint density at radius 3 is 1.43 bits per heavy atom. The Balaban J connectivity index is 0.000000364. The van der Waals surface area contributed by atoms with Crippen LogP contribution in [0.4, 0.5) is 9.59 Å². The summed E-state index contributed by atoms with van der Waals surface area (Å²) in [6, 6.07) is 6.64. The normalized spacial score (nSPS) is 16.4. The molecule has 2 aromatic carbocycles. The van der Waals surface area contributed by atoms with Crippen molar-refractivity contribution in [1.82, 2.24) is 9.80 Å². The average Bonchev–Trinajstić information content (AvgIpc) is 3.05. The van der Waals surface area contributed by atoms with Gasteiger partial charge in [0, 0.05) is 19.5 Å². The molecule has 0 bridgehead atoms. The Hall–Kier alpha value is -4.68. The fourth-order valence-electron chi connectivity index (χ4n) is 6.17. The molecule has 0 fully saturated rings. The van der Waals surface area contributed by atoms with Crippen molar-refractivity contribution in [1.29, 1.82) is 0 Å². The van der Waals surface area contributed by atoms with Gasteiger partial charge >= 0.3 is 18.2 Å². The molecule has 53 heavy (non-hydrogen) atoms. The predicted octanol–water partition coefficient (Wildman–Crippen LogP) is 7.64. The molecule has 296 valence electrons. The topological polar surface area (TPSA) is 139 Å². The standard InChI is InChI=1S/C21H31NO6.C18H25NO5.CH4/c1-13(2)27-19(23)12-16-15-11-18(26-7)17(25-6)10-14(15)8-9-22(16)20(24)28-21(3,4)5;1-18(2,3)24-17(21)19-8-6-12-10-15(22-4)16(23-5)11-13(12)14(19)7-9-20;/h10-11,13,16H,8-9,12H2,1-7H3;9-11,14H,6-8H2,1-5H3;1H4/t16-;14-;/m11./s1. The molecule has 2 atom stereocenters. The fourth-order valence-corrected chi connectivity index (χ4v) is 6.17. The Labute approximate surface area is 315 Å². The highest BCUT2D eigenvalue weighted by Crippen LogP contribution is 2.41. The predicted molar refractivity (Wildman–Crippen MR) is 201 cm³/mol. The van der Waals surface area contributed by atoms with Gasteiger partial charge < -0.3 is 47.8 Å². The van der Waals surface area contributed by atoms with E-state index in [1.165, 1.54) is 0 Å². The summed E-state index contributed by atoms with van der Waals surface area (Å²) < 4.78 is 37.9. The molecule has 4 rings (SSSR count). The third-order valence-corrected chi connectivity index (χ3v) is 8.31. The molecule has 2 aliphatic rings. The molecule has 0 radical (unpaired) electrons. The second-order valence-corrected chi connectivity index (χ2v) is 14.8. The first-order valence-corrected chi connectivity index (χ1v) is 17.5. The van der Waals surface area contributed by atoms with Crippen LogP contribution in [0.2, 0.25) is 0 Å². The zero-order chi connectivity index (χ0) is 39.0. The van der Waals surface area contributed by atoms with Crippen molar-refractivity contribution >= 4 is 24.4 Å². The van der Waals surface area contributed by atoms with Crippen molar-refractivity contribution in [2.75, 3.05) is 41.5 Å². The summed E-state index contributed by atoms with van der Waals surface area (Å²) >= 11 is 0. The van der Waals surface area contributed by atoms with E-state index in [4.69, 9.17) is 33.2 Å². The molecule has 2 amide bonds. The number of aldehydes is 1. The lowest BCUT2D eigenvalue weighted by Crippen LogP contribution is -2.44. The van der Waals surface area contributed by atoms with Crippen LogP contribution in [0.5, 0.6) is 23.0 Å². The van der Waals surface area contributed by atoms with Crippen LogP contribution in [-0.4, -0.2) is 93.1 Å². The maximum Gasteiger partial charge on any atom is 0.410 e. The van der Waals surface area contributed by atoms with Crippen LogP contribution in [-0.2, 0) is 36.6 Å². The Morgan fingerprint density at radius 1 is 0.698 bits per heavy atom. The molecule has 2 aromatic rings. The summed E-state index contributed by atoms with van der Waals surface area (Å²) in [5.41, 5.74) is 2.60. The minimum absolute atomic E-state index is 0. The van der Waals surface area contributed by atoms with Gasteiger partial charge in [0.1, 0.15) is 17.5 Å². The number of benzene rings is 2. The molecule has 0 aromatic heterocycles. The molecule has 0 unspecified atom stereocenters. The fraction of sp³-hybridized carbons (Fsp3) is 0.600. The maximum atomic E-state index is 12.8. The minimum Gasteiger partial charge on any atom is -0.493 e. The SMILES string of the molecule is C.COc1cc2c(cc1OC)[C@@H](CC(=O)OC(C)C)N(C(=O)OC(C)(C)C)CC2.COc1cc2c(cc1OC)[C@@H](CC=O)N(C(=O)OC(C)(C)C)CC2. The number of carbonyl (C=O) groups excluding carboxylic acids is 4. The van der Waals surface area contributed by atoms with Crippen molar-refractivity contribution in [2.24, 2.45) is 0 Å². The Bertz CT molecular complexity index is 1580. The van der Waals surface area contributed by atoms with Gasteiger partial charge in [-0.1, -0.05) is 7.43 Å².